The van der Waals surface area contributed by atoms with Gasteiger partial charge in [0.1, 0.15) is 17.9 Å². The van der Waals surface area contributed by atoms with E-state index in [2.05, 4.69) is 0 Å². The van der Waals surface area contributed by atoms with Crippen molar-refractivity contribution in [1.82, 2.24) is 4.57 Å². The molecule has 0 saturated heterocycles. The number of fused-ring (bicyclic) bond motifs is 1. The number of rotatable bonds is 5. The fourth-order valence-electron chi connectivity index (χ4n) is 3.15. The third-order valence-electron chi connectivity index (χ3n) is 4.68. The van der Waals surface area contributed by atoms with Crippen LogP contribution in [0.1, 0.15) is 34.0 Å². The zero-order valence-corrected chi connectivity index (χ0v) is 16.3. The number of benzene rings is 2. The van der Waals surface area contributed by atoms with Crippen LogP contribution in [0.2, 0.25) is 0 Å². The maximum atomic E-state index is 13.0. The molecule has 11 heteroatoms. The van der Waals surface area contributed by atoms with Crippen molar-refractivity contribution in [1.29, 1.82) is 0 Å². The molecule has 0 spiro atoms. The summed E-state index contributed by atoms with van der Waals surface area (Å²) in [5.41, 5.74) is -4.20. The predicted molar refractivity (Wildman–Crippen MR) is 102 cm³/mol. The third-order valence-corrected chi connectivity index (χ3v) is 4.68. The highest BCUT2D eigenvalue weighted by atomic mass is 19.4. The molecule has 0 aliphatic rings. The lowest BCUT2D eigenvalue weighted by Gasteiger charge is -2.15. The number of nitrogens with zero attached hydrogens (tertiary/aromatic N) is 1. The van der Waals surface area contributed by atoms with E-state index in [1.807, 2.05) is 0 Å². The number of aromatic carboxylic acids is 1. The Balaban J connectivity index is 2.00. The van der Waals surface area contributed by atoms with E-state index in [0.29, 0.717) is 24.2 Å². The van der Waals surface area contributed by atoms with Crippen LogP contribution in [0.5, 0.6) is 5.75 Å². The van der Waals surface area contributed by atoms with Crippen LogP contribution in [0, 0.1) is 0 Å². The fraction of sp³-hybridized carbons (Fsp3) is 0.238. The summed E-state index contributed by atoms with van der Waals surface area (Å²) in [6.45, 7) is 1.44. The molecule has 0 atom stereocenters. The third kappa shape index (κ3) is 4.71. The number of halogens is 6. The molecule has 0 bridgehead atoms. The lowest BCUT2D eigenvalue weighted by atomic mass is 10.1. The summed E-state index contributed by atoms with van der Waals surface area (Å²) in [7, 11) is 0. The van der Waals surface area contributed by atoms with E-state index in [1.54, 1.807) is 6.92 Å². The molecule has 0 unspecified atom stereocenters. The van der Waals surface area contributed by atoms with Crippen LogP contribution in [-0.4, -0.2) is 15.6 Å². The normalized spacial score (nSPS) is 12.2. The first kappa shape index (κ1) is 23.2. The van der Waals surface area contributed by atoms with E-state index in [-0.39, 0.29) is 22.8 Å². The van der Waals surface area contributed by atoms with E-state index in [4.69, 9.17) is 4.74 Å². The van der Waals surface area contributed by atoms with Crippen molar-refractivity contribution in [2.75, 3.05) is 0 Å². The van der Waals surface area contributed by atoms with E-state index >= 15 is 0 Å². The van der Waals surface area contributed by atoms with Gasteiger partial charge in [-0.05, 0) is 48.9 Å². The van der Waals surface area contributed by atoms with Gasteiger partial charge in [-0.2, -0.15) is 26.3 Å². The Hall–Kier alpha value is -3.50. The molecule has 0 amide bonds. The maximum Gasteiger partial charge on any atom is 0.416 e. The molecule has 3 rings (SSSR count). The predicted octanol–water partition coefficient (Wildman–Crippen LogP) is 5.34. The van der Waals surface area contributed by atoms with E-state index < -0.39 is 47.0 Å². The summed E-state index contributed by atoms with van der Waals surface area (Å²) < 4.78 is 84.9. The smallest absolute Gasteiger partial charge is 0.416 e. The van der Waals surface area contributed by atoms with E-state index in [1.165, 1.54) is 29.0 Å². The van der Waals surface area contributed by atoms with Gasteiger partial charge in [-0.15, -0.1) is 0 Å². The number of ether oxygens (including phenoxy) is 1. The molecule has 0 aliphatic carbocycles. The largest absolute Gasteiger partial charge is 0.489 e. The van der Waals surface area contributed by atoms with Gasteiger partial charge < -0.3 is 14.4 Å². The van der Waals surface area contributed by atoms with Gasteiger partial charge in [0.15, 0.2) is 0 Å². The van der Waals surface area contributed by atoms with Crippen molar-refractivity contribution in [3.05, 3.63) is 75.1 Å². The highest BCUT2D eigenvalue weighted by Crippen LogP contribution is 2.36. The molecule has 1 N–H and O–H groups in total. The average Bonchev–Trinajstić information content (AvgIpc) is 2.71. The van der Waals surface area contributed by atoms with Gasteiger partial charge in [0.2, 0.25) is 5.43 Å². The van der Waals surface area contributed by atoms with Crippen molar-refractivity contribution in [3.63, 3.8) is 0 Å². The van der Waals surface area contributed by atoms with Gasteiger partial charge in [0.05, 0.1) is 22.0 Å². The van der Waals surface area contributed by atoms with Crippen molar-refractivity contribution in [2.45, 2.75) is 32.4 Å². The number of hydrogen-bond acceptors (Lipinski definition) is 3. The SMILES string of the molecule is CCn1cc(C(=O)O)c(=O)c2cc(OCc3cc(C(F)(F)F)cc(C(F)(F)F)c3)ccc21. The van der Waals surface area contributed by atoms with E-state index in [9.17, 15) is 41.0 Å². The van der Waals surface area contributed by atoms with Crippen molar-refractivity contribution >= 4 is 16.9 Å². The number of carbonyl (C=O) groups is 1. The van der Waals surface area contributed by atoms with Crippen molar-refractivity contribution in [2.24, 2.45) is 0 Å². The van der Waals surface area contributed by atoms with Crippen molar-refractivity contribution in [3.8, 4) is 5.75 Å². The van der Waals surface area contributed by atoms with Crippen LogP contribution in [0.4, 0.5) is 26.3 Å². The zero-order valence-electron chi connectivity index (χ0n) is 16.3. The molecular formula is C21H15F6NO4. The summed E-state index contributed by atoms with van der Waals surface area (Å²) >= 11 is 0. The Morgan fingerprint density at radius 3 is 2.09 bits per heavy atom. The van der Waals surface area contributed by atoms with Crippen molar-refractivity contribution < 1.29 is 41.0 Å². The first-order chi connectivity index (χ1) is 14.8. The summed E-state index contributed by atoms with van der Waals surface area (Å²) in [5.74, 6) is -1.46. The van der Waals surface area contributed by atoms with Gasteiger partial charge in [-0.1, -0.05) is 0 Å². The minimum atomic E-state index is -4.99. The second-order valence-electron chi connectivity index (χ2n) is 6.84. The minimum absolute atomic E-state index is 0.00993. The quantitative estimate of drug-likeness (QED) is 0.524. The summed E-state index contributed by atoms with van der Waals surface area (Å²) in [5, 5.41) is 9.21. The topological polar surface area (TPSA) is 68.5 Å². The summed E-state index contributed by atoms with van der Waals surface area (Å²) in [6, 6.07) is 5.14. The number of aryl methyl sites for hydroxylation is 1. The molecule has 1 heterocycles. The highest BCUT2D eigenvalue weighted by Gasteiger charge is 2.36. The Kier molecular flexibility index (Phi) is 5.94. The van der Waals surface area contributed by atoms with Crippen LogP contribution in [0.3, 0.4) is 0 Å². The number of carboxylic acid groups (broad SMARTS) is 1. The van der Waals surface area contributed by atoms with Crippen LogP contribution < -0.4 is 10.2 Å². The molecule has 0 fully saturated rings. The number of aromatic nitrogens is 1. The van der Waals surface area contributed by atoms with Gasteiger partial charge >= 0.3 is 18.3 Å². The molecular weight excluding hydrogens is 444 g/mol. The number of hydrogen-bond donors (Lipinski definition) is 1. The Labute approximate surface area is 176 Å². The van der Waals surface area contributed by atoms with Gasteiger partial charge in [0, 0.05) is 12.7 Å². The maximum absolute atomic E-state index is 13.0. The molecule has 0 aliphatic heterocycles. The van der Waals surface area contributed by atoms with Crippen LogP contribution in [-0.2, 0) is 25.5 Å². The Morgan fingerprint density at radius 2 is 1.59 bits per heavy atom. The standard InChI is InChI=1S/C21H15F6NO4/c1-2-28-9-16(19(30)31)18(29)15-8-14(3-4-17(15)28)32-10-11-5-12(20(22,23)24)7-13(6-11)21(25,26)27/h3-9H,2,10H2,1H3,(H,30,31). The number of carboxylic acids is 1. The molecule has 2 aromatic carbocycles. The van der Waals surface area contributed by atoms with Gasteiger partial charge in [-0.25, -0.2) is 4.79 Å². The molecule has 0 radical (unpaired) electrons. The lowest BCUT2D eigenvalue weighted by Crippen LogP contribution is -2.18. The second-order valence-corrected chi connectivity index (χ2v) is 6.84. The molecule has 32 heavy (non-hydrogen) atoms. The molecule has 0 saturated carbocycles. The monoisotopic (exact) mass is 459 g/mol. The van der Waals surface area contributed by atoms with Gasteiger partial charge in [0.25, 0.3) is 0 Å². The number of pyridine rings is 1. The van der Waals surface area contributed by atoms with E-state index in [0.717, 1.165) is 0 Å². The summed E-state index contributed by atoms with van der Waals surface area (Å²) in [4.78, 5) is 23.8. The second kappa shape index (κ2) is 8.21. The average molecular weight is 459 g/mol. The molecule has 3 aromatic rings. The Bertz CT molecular complexity index is 1210. The highest BCUT2D eigenvalue weighted by molar-refractivity contribution is 5.92. The molecule has 1 aromatic heterocycles. The molecule has 170 valence electrons. The minimum Gasteiger partial charge on any atom is -0.489 e. The van der Waals surface area contributed by atoms with Crippen LogP contribution in [0.25, 0.3) is 10.9 Å². The zero-order chi connectivity index (χ0) is 23.8. The van der Waals surface area contributed by atoms with Gasteiger partial charge in [-0.3, -0.25) is 4.79 Å². The summed E-state index contributed by atoms with van der Waals surface area (Å²) in [6.07, 6.45) is -8.79. The van der Waals surface area contributed by atoms with Crippen LogP contribution in [0.15, 0.2) is 47.4 Å². The first-order valence-corrected chi connectivity index (χ1v) is 9.13. The molecule has 5 nitrogen and oxygen atoms in total. The van der Waals surface area contributed by atoms with Crippen LogP contribution >= 0.6 is 0 Å². The number of alkyl halides is 6. The lowest BCUT2D eigenvalue weighted by molar-refractivity contribution is -0.143. The Morgan fingerprint density at radius 1 is 1.00 bits per heavy atom. The fourth-order valence-corrected chi connectivity index (χ4v) is 3.15. The first-order valence-electron chi connectivity index (χ1n) is 9.13.